The summed E-state index contributed by atoms with van der Waals surface area (Å²) in [5.74, 6) is -0.351. The van der Waals surface area contributed by atoms with E-state index in [9.17, 15) is 18.0 Å². The summed E-state index contributed by atoms with van der Waals surface area (Å²) in [5.41, 5.74) is 1.48. The molecule has 0 aliphatic carbocycles. The van der Waals surface area contributed by atoms with Gasteiger partial charge >= 0.3 is 0 Å². The van der Waals surface area contributed by atoms with Gasteiger partial charge in [0, 0.05) is 34.3 Å². The van der Waals surface area contributed by atoms with E-state index in [0.717, 1.165) is 9.87 Å². The first-order valence-corrected chi connectivity index (χ1v) is 15.9. The Kier molecular flexibility index (Phi) is 11.7. The Balaban J connectivity index is 2.16. The van der Waals surface area contributed by atoms with Gasteiger partial charge in [0.05, 0.1) is 24.8 Å². The van der Waals surface area contributed by atoms with Crippen molar-refractivity contribution >= 4 is 50.7 Å². The minimum absolute atomic E-state index is 0.00836. The number of methoxy groups -OCH3 is 2. The SMILES string of the molecule is CCC(C(=O)NC(C)C)N(Cc1c(Cl)cccc1Cl)C(=O)CN(c1ccc(OC)c(OC)c1)S(=O)(=O)c1ccc(C)cc1. The first kappa shape index (κ1) is 34.0. The molecule has 3 aromatic carbocycles. The summed E-state index contributed by atoms with van der Waals surface area (Å²) >= 11 is 12.9. The number of halogens is 2. The zero-order valence-corrected chi connectivity index (χ0v) is 27.4. The molecule has 0 saturated carbocycles. The topological polar surface area (TPSA) is 105 Å². The van der Waals surface area contributed by atoms with Crippen molar-refractivity contribution in [1.29, 1.82) is 0 Å². The van der Waals surface area contributed by atoms with E-state index >= 15 is 0 Å². The average molecular weight is 651 g/mol. The van der Waals surface area contributed by atoms with Gasteiger partial charge in [-0.15, -0.1) is 0 Å². The van der Waals surface area contributed by atoms with Crippen LogP contribution in [0.3, 0.4) is 0 Å². The lowest BCUT2D eigenvalue weighted by atomic mass is 10.1. The van der Waals surface area contributed by atoms with E-state index in [1.807, 2.05) is 20.8 Å². The maximum atomic E-state index is 14.3. The highest BCUT2D eigenvalue weighted by Gasteiger charge is 2.34. The van der Waals surface area contributed by atoms with Crippen molar-refractivity contribution in [2.45, 2.75) is 57.6 Å². The normalized spacial score (nSPS) is 12.0. The quantitative estimate of drug-likeness (QED) is 0.249. The third-order valence-electron chi connectivity index (χ3n) is 6.75. The summed E-state index contributed by atoms with van der Waals surface area (Å²) < 4.78 is 40.0. The number of rotatable bonds is 13. The maximum absolute atomic E-state index is 14.3. The van der Waals surface area contributed by atoms with E-state index in [2.05, 4.69) is 5.32 Å². The van der Waals surface area contributed by atoms with Crippen LogP contribution in [-0.2, 0) is 26.2 Å². The molecule has 1 atom stereocenters. The van der Waals surface area contributed by atoms with Crippen molar-refractivity contribution in [3.8, 4) is 11.5 Å². The number of benzene rings is 3. The van der Waals surface area contributed by atoms with Crippen LogP contribution in [0.5, 0.6) is 11.5 Å². The van der Waals surface area contributed by atoms with E-state index in [4.69, 9.17) is 32.7 Å². The molecule has 0 aromatic heterocycles. The Hall–Kier alpha value is -3.47. The average Bonchev–Trinajstić information content (AvgIpc) is 2.96. The zero-order valence-electron chi connectivity index (χ0n) is 25.1. The summed E-state index contributed by atoms with van der Waals surface area (Å²) in [5, 5.41) is 3.48. The van der Waals surface area contributed by atoms with Gasteiger partial charge in [0.1, 0.15) is 12.6 Å². The molecule has 0 saturated heterocycles. The number of nitrogens with zero attached hydrogens (tertiary/aromatic N) is 2. The number of carbonyl (C=O) groups excluding carboxylic acids is 2. The number of sulfonamides is 1. The number of hydrogen-bond acceptors (Lipinski definition) is 6. The van der Waals surface area contributed by atoms with Crippen molar-refractivity contribution in [3.05, 3.63) is 81.8 Å². The number of amides is 2. The van der Waals surface area contributed by atoms with Crippen molar-refractivity contribution < 1.29 is 27.5 Å². The lowest BCUT2D eigenvalue weighted by Crippen LogP contribution is -2.53. The molecule has 3 aromatic rings. The molecule has 0 bridgehead atoms. The van der Waals surface area contributed by atoms with Crippen molar-refractivity contribution in [1.82, 2.24) is 10.2 Å². The van der Waals surface area contributed by atoms with Crippen LogP contribution in [-0.4, -0.2) is 58.0 Å². The van der Waals surface area contributed by atoms with Gasteiger partial charge in [-0.05, 0) is 63.6 Å². The van der Waals surface area contributed by atoms with Crippen LogP contribution >= 0.6 is 23.2 Å². The predicted octanol–water partition coefficient (Wildman–Crippen LogP) is 5.85. The van der Waals surface area contributed by atoms with Gasteiger partial charge in [-0.1, -0.05) is 53.9 Å². The molecule has 232 valence electrons. The summed E-state index contributed by atoms with van der Waals surface area (Å²) in [7, 11) is -1.37. The molecule has 1 unspecified atom stereocenters. The molecule has 3 rings (SSSR count). The van der Waals surface area contributed by atoms with Crippen molar-refractivity contribution in [2.75, 3.05) is 25.1 Å². The molecule has 2 amide bonds. The second-order valence-corrected chi connectivity index (χ2v) is 12.8. The number of aryl methyl sites for hydroxylation is 1. The third-order valence-corrected chi connectivity index (χ3v) is 9.25. The number of ether oxygens (including phenoxy) is 2. The predicted molar refractivity (Wildman–Crippen MR) is 170 cm³/mol. The molecule has 0 aliphatic rings. The number of carbonyl (C=O) groups is 2. The van der Waals surface area contributed by atoms with Crippen LogP contribution < -0.4 is 19.1 Å². The highest BCUT2D eigenvalue weighted by atomic mass is 35.5. The minimum atomic E-state index is -4.27. The van der Waals surface area contributed by atoms with Gasteiger partial charge in [-0.2, -0.15) is 0 Å². The Morgan fingerprint density at radius 3 is 2.07 bits per heavy atom. The second-order valence-electron chi connectivity index (χ2n) is 10.2. The van der Waals surface area contributed by atoms with E-state index in [-0.39, 0.29) is 41.2 Å². The third kappa shape index (κ3) is 8.13. The van der Waals surface area contributed by atoms with Gasteiger partial charge in [-0.3, -0.25) is 13.9 Å². The van der Waals surface area contributed by atoms with E-state index in [1.165, 1.54) is 43.4 Å². The monoisotopic (exact) mass is 649 g/mol. The second kappa shape index (κ2) is 14.8. The Bertz CT molecular complexity index is 1530. The van der Waals surface area contributed by atoms with Gasteiger partial charge in [-0.25, -0.2) is 8.42 Å². The van der Waals surface area contributed by atoms with Gasteiger partial charge in [0.25, 0.3) is 10.0 Å². The molecule has 1 N–H and O–H groups in total. The molecule has 9 nitrogen and oxygen atoms in total. The fourth-order valence-corrected chi connectivity index (χ4v) is 6.42. The molecular formula is C31H37Cl2N3O6S. The Labute approximate surface area is 263 Å². The Morgan fingerprint density at radius 1 is 0.930 bits per heavy atom. The van der Waals surface area contributed by atoms with Crippen LogP contribution in [0.25, 0.3) is 0 Å². The van der Waals surface area contributed by atoms with Crippen LogP contribution in [0.4, 0.5) is 5.69 Å². The number of anilines is 1. The fraction of sp³-hybridized carbons (Fsp3) is 0.355. The molecule has 0 spiro atoms. The van der Waals surface area contributed by atoms with E-state index in [1.54, 1.807) is 43.3 Å². The summed E-state index contributed by atoms with van der Waals surface area (Å²) in [6, 6.07) is 14.7. The van der Waals surface area contributed by atoms with Gasteiger partial charge in [0.2, 0.25) is 11.8 Å². The molecule has 12 heteroatoms. The van der Waals surface area contributed by atoms with Crippen LogP contribution in [0, 0.1) is 6.92 Å². The summed E-state index contributed by atoms with van der Waals surface area (Å²) in [6.07, 6.45) is 0.257. The fourth-order valence-electron chi connectivity index (χ4n) is 4.50. The molecule has 43 heavy (non-hydrogen) atoms. The van der Waals surface area contributed by atoms with E-state index in [0.29, 0.717) is 21.4 Å². The molecule has 0 fully saturated rings. The van der Waals surface area contributed by atoms with Crippen molar-refractivity contribution in [3.63, 3.8) is 0 Å². The first-order valence-electron chi connectivity index (χ1n) is 13.7. The van der Waals surface area contributed by atoms with Gasteiger partial charge < -0.3 is 19.7 Å². The number of nitrogens with one attached hydrogen (secondary N) is 1. The lowest BCUT2D eigenvalue weighted by Gasteiger charge is -2.34. The molecular weight excluding hydrogens is 613 g/mol. The van der Waals surface area contributed by atoms with Crippen LogP contribution in [0.15, 0.2) is 65.6 Å². The molecule has 0 radical (unpaired) electrons. The molecule has 0 aliphatic heterocycles. The first-order chi connectivity index (χ1) is 20.3. The Morgan fingerprint density at radius 2 is 1.53 bits per heavy atom. The zero-order chi connectivity index (χ0) is 31.9. The minimum Gasteiger partial charge on any atom is -0.493 e. The lowest BCUT2D eigenvalue weighted by molar-refractivity contribution is -0.140. The van der Waals surface area contributed by atoms with Crippen LogP contribution in [0.1, 0.15) is 38.3 Å². The molecule has 0 heterocycles. The highest BCUT2D eigenvalue weighted by molar-refractivity contribution is 7.92. The maximum Gasteiger partial charge on any atom is 0.264 e. The number of hydrogen-bond donors (Lipinski definition) is 1. The van der Waals surface area contributed by atoms with E-state index < -0.39 is 28.5 Å². The largest absolute Gasteiger partial charge is 0.493 e. The van der Waals surface area contributed by atoms with Gasteiger partial charge in [0.15, 0.2) is 11.5 Å². The highest BCUT2D eigenvalue weighted by Crippen LogP contribution is 2.34. The smallest absolute Gasteiger partial charge is 0.264 e. The summed E-state index contributed by atoms with van der Waals surface area (Å²) in [4.78, 5) is 28.9. The van der Waals surface area contributed by atoms with Crippen LogP contribution in [0.2, 0.25) is 10.0 Å². The summed E-state index contributed by atoms with van der Waals surface area (Å²) in [6.45, 7) is 6.50. The van der Waals surface area contributed by atoms with Crippen molar-refractivity contribution in [2.24, 2.45) is 0 Å². The standard InChI is InChI=1S/C31H37Cl2N3O6S/c1-7-27(31(38)34-20(2)3)35(18-24-25(32)9-8-10-26(24)33)30(37)19-36(22-13-16-28(41-5)29(17-22)42-6)43(39,40)23-14-11-21(4)12-15-23/h8-17,20,27H,7,18-19H2,1-6H3,(H,34,38).